The van der Waals surface area contributed by atoms with Crippen LogP contribution in [0, 0.1) is 5.92 Å². The lowest BCUT2D eigenvalue weighted by atomic mass is 9.64. The first kappa shape index (κ1) is 17.2. The number of hydrogen-bond donors (Lipinski definition) is 2. The lowest BCUT2D eigenvalue weighted by molar-refractivity contribution is -0.124. The molecular weight excluding hydrogens is 312 g/mol. The van der Waals surface area contributed by atoms with Crippen molar-refractivity contribution in [2.45, 2.75) is 38.5 Å². The van der Waals surface area contributed by atoms with Gasteiger partial charge < -0.3 is 10.6 Å². The van der Waals surface area contributed by atoms with Crippen LogP contribution in [0.15, 0.2) is 54.6 Å². The van der Waals surface area contributed by atoms with E-state index in [0.29, 0.717) is 0 Å². The normalized spacial score (nSPS) is 15.3. The van der Waals surface area contributed by atoms with Crippen molar-refractivity contribution >= 4 is 23.2 Å². The highest BCUT2D eigenvalue weighted by molar-refractivity contribution is 6.00. The molecule has 0 aliphatic heterocycles. The molecule has 0 saturated heterocycles. The highest BCUT2D eigenvalue weighted by Gasteiger charge is 2.45. The summed E-state index contributed by atoms with van der Waals surface area (Å²) in [7, 11) is 0. The minimum atomic E-state index is -0.411. The van der Waals surface area contributed by atoms with Crippen molar-refractivity contribution in [1.82, 2.24) is 0 Å². The zero-order chi connectivity index (χ0) is 17.9. The maximum absolute atomic E-state index is 12.9. The Hall–Kier alpha value is -2.62. The van der Waals surface area contributed by atoms with Crippen molar-refractivity contribution in [2.75, 3.05) is 10.6 Å². The Labute approximate surface area is 148 Å². The van der Waals surface area contributed by atoms with E-state index in [0.717, 1.165) is 36.2 Å². The average Bonchev–Trinajstić information content (AvgIpc) is 2.56. The highest BCUT2D eigenvalue weighted by atomic mass is 16.2. The molecule has 2 aromatic rings. The number of amides is 2. The summed E-state index contributed by atoms with van der Waals surface area (Å²) in [6.07, 6.45) is 2.83. The van der Waals surface area contributed by atoms with E-state index in [1.807, 2.05) is 68.4 Å². The fourth-order valence-electron chi connectivity index (χ4n) is 3.11. The molecule has 0 bridgehead atoms. The zero-order valence-corrected chi connectivity index (χ0v) is 14.7. The van der Waals surface area contributed by atoms with Gasteiger partial charge in [0.05, 0.1) is 5.41 Å². The topological polar surface area (TPSA) is 58.2 Å². The average molecular weight is 336 g/mol. The van der Waals surface area contributed by atoms with Crippen LogP contribution in [0.4, 0.5) is 11.4 Å². The molecule has 0 aromatic heterocycles. The molecule has 2 N–H and O–H groups in total. The summed E-state index contributed by atoms with van der Waals surface area (Å²) < 4.78 is 0. The van der Waals surface area contributed by atoms with Crippen LogP contribution in [-0.2, 0) is 15.0 Å². The summed E-state index contributed by atoms with van der Waals surface area (Å²) in [5.41, 5.74) is 2.15. The van der Waals surface area contributed by atoms with Gasteiger partial charge in [0.25, 0.3) is 0 Å². The molecule has 0 heterocycles. The van der Waals surface area contributed by atoms with Crippen LogP contribution >= 0.6 is 0 Å². The number of anilines is 2. The van der Waals surface area contributed by atoms with Gasteiger partial charge in [0.2, 0.25) is 11.8 Å². The second kappa shape index (κ2) is 7.09. The summed E-state index contributed by atoms with van der Waals surface area (Å²) >= 11 is 0. The van der Waals surface area contributed by atoms with Gasteiger partial charge in [-0.15, -0.1) is 0 Å². The van der Waals surface area contributed by atoms with E-state index in [-0.39, 0.29) is 17.7 Å². The Balaban J connectivity index is 1.69. The summed E-state index contributed by atoms with van der Waals surface area (Å²) in [5, 5.41) is 5.88. The Morgan fingerprint density at radius 1 is 0.880 bits per heavy atom. The van der Waals surface area contributed by atoms with E-state index in [4.69, 9.17) is 0 Å². The third kappa shape index (κ3) is 3.58. The number of benzene rings is 2. The molecule has 2 aromatic carbocycles. The molecule has 4 heteroatoms. The van der Waals surface area contributed by atoms with Gasteiger partial charge in [-0.3, -0.25) is 9.59 Å². The van der Waals surface area contributed by atoms with E-state index >= 15 is 0 Å². The molecule has 3 rings (SSSR count). The molecule has 0 spiro atoms. The molecule has 0 unspecified atom stereocenters. The smallest absolute Gasteiger partial charge is 0.235 e. The van der Waals surface area contributed by atoms with Gasteiger partial charge in [-0.1, -0.05) is 50.6 Å². The first-order valence-electron chi connectivity index (χ1n) is 8.79. The first-order chi connectivity index (χ1) is 12.0. The van der Waals surface area contributed by atoms with Gasteiger partial charge in [-0.25, -0.2) is 0 Å². The van der Waals surface area contributed by atoms with Gasteiger partial charge in [-0.05, 0) is 42.7 Å². The first-order valence-corrected chi connectivity index (χ1v) is 8.79. The Kier molecular flexibility index (Phi) is 4.88. The number of hydrogen-bond acceptors (Lipinski definition) is 2. The van der Waals surface area contributed by atoms with Gasteiger partial charge in [0, 0.05) is 17.3 Å². The predicted molar refractivity (Wildman–Crippen MR) is 101 cm³/mol. The van der Waals surface area contributed by atoms with Gasteiger partial charge in [0.15, 0.2) is 0 Å². The van der Waals surface area contributed by atoms with Gasteiger partial charge >= 0.3 is 0 Å². The van der Waals surface area contributed by atoms with Crippen molar-refractivity contribution in [3.05, 3.63) is 60.2 Å². The highest BCUT2D eigenvalue weighted by Crippen LogP contribution is 2.44. The Morgan fingerprint density at radius 3 is 1.92 bits per heavy atom. The largest absolute Gasteiger partial charge is 0.326 e. The van der Waals surface area contributed by atoms with E-state index in [1.165, 1.54) is 0 Å². The number of nitrogens with one attached hydrogen (secondary N) is 2. The molecule has 130 valence electrons. The molecule has 1 saturated carbocycles. The fourth-order valence-corrected chi connectivity index (χ4v) is 3.11. The van der Waals surface area contributed by atoms with Crippen LogP contribution in [0.2, 0.25) is 0 Å². The number of rotatable bonds is 5. The standard InChI is InChI=1S/C21H24N2O2/c1-15(2)19(24)22-17-9-11-18(12-10-17)23-20(25)21(13-6-14-21)16-7-4-3-5-8-16/h3-5,7-12,15H,6,13-14H2,1-2H3,(H,22,24)(H,23,25). The molecule has 1 fully saturated rings. The van der Waals surface area contributed by atoms with Crippen molar-refractivity contribution in [2.24, 2.45) is 5.92 Å². The minimum Gasteiger partial charge on any atom is -0.326 e. The maximum atomic E-state index is 12.9. The lowest BCUT2D eigenvalue weighted by Crippen LogP contribution is -2.45. The SMILES string of the molecule is CC(C)C(=O)Nc1ccc(NC(=O)C2(c3ccccc3)CCC2)cc1. The summed E-state index contributed by atoms with van der Waals surface area (Å²) in [4.78, 5) is 24.6. The third-order valence-electron chi connectivity index (χ3n) is 4.90. The number of carbonyl (C=O) groups excluding carboxylic acids is 2. The zero-order valence-electron chi connectivity index (χ0n) is 14.7. The second-order valence-corrected chi connectivity index (χ2v) is 6.98. The predicted octanol–water partition coefficient (Wildman–Crippen LogP) is 4.34. The minimum absolute atomic E-state index is 0.0192. The van der Waals surface area contributed by atoms with Crippen LogP contribution in [0.5, 0.6) is 0 Å². The lowest BCUT2D eigenvalue weighted by Gasteiger charge is -2.40. The Morgan fingerprint density at radius 2 is 1.44 bits per heavy atom. The van der Waals surface area contributed by atoms with Gasteiger partial charge in [-0.2, -0.15) is 0 Å². The Bertz CT molecular complexity index is 747. The van der Waals surface area contributed by atoms with Gasteiger partial charge in [0.1, 0.15) is 0 Å². The van der Waals surface area contributed by atoms with Crippen LogP contribution < -0.4 is 10.6 Å². The molecule has 25 heavy (non-hydrogen) atoms. The summed E-state index contributed by atoms with van der Waals surface area (Å²) in [5.74, 6) is -0.0399. The second-order valence-electron chi connectivity index (χ2n) is 6.98. The fraction of sp³-hybridized carbons (Fsp3) is 0.333. The molecule has 0 radical (unpaired) electrons. The molecule has 2 amide bonds. The van der Waals surface area contributed by atoms with E-state index < -0.39 is 5.41 Å². The van der Waals surface area contributed by atoms with Crippen LogP contribution in [-0.4, -0.2) is 11.8 Å². The van der Waals surface area contributed by atoms with Crippen LogP contribution in [0.25, 0.3) is 0 Å². The van der Waals surface area contributed by atoms with E-state index in [9.17, 15) is 9.59 Å². The summed E-state index contributed by atoms with van der Waals surface area (Å²) in [6.45, 7) is 3.71. The molecule has 0 atom stereocenters. The maximum Gasteiger partial charge on any atom is 0.235 e. The molecule has 1 aliphatic carbocycles. The quantitative estimate of drug-likeness (QED) is 0.853. The van der Waals surface area contributed by atoms with Crippen molar-refractivity contribution in [1.29, 1.82) is 0 Å². The molecule has 1 aliphatic rings. The van der Waals surface area contributed by atoms with Crippen molar-refractivity contribution in [3.63, 3.8) is 0 Å². The van der Waals surface area contributed by atoms with Crippen LogP contribution in [0.1, 0.15) is 38.7 Å². The molecule has 4 nitrogen and oxygen atoms in total. The monoisotopic (exact) mass is 336 g/mol. The van der Waals surface area contributed by atoms with E-state index in [2.05, 4.69) is 10.6 Å². The third-order valence-corrected chi connectivity index (χ3v) is 4.90. The van der Waals surface area contributed by atoms with Crippen molar-refractivity contribution in [3.8, 4) is 0 Å². The number of carbonyl (C=O) groups is 2. The molecular formula is C21H24N2O2. The van der Waals surface area contributed by atoms with E-state index in [1.54, 1.807) is 0 Å². The summed E-state index contributed by atoms with van der Waals surface area (Å²) in [6, 6.07) is 17.3. The van der Waals surface area contributed by atoms with Crippen molar-refractivity contribution < 1.29 is 9.59 Å². The van der Waals surface area contributed by atoms with Crippen LogP contribution in [0.3, 0.4) is 0 Å².